The molecule has 0 spiro atoms. The number of hydrogen-bond acceptors (Lipinski definition) is 49. The van der Waals surface area contributed by atoms with Crippen molar-refractivity contribution >= 4 is 153 Å². The van der Waals surface area contributed by atoms with E-state index >= 15 is 0 Å². The Morgan fingerprint density at radius 1 is 0.269 bits per heavy atom. The van der Waals surface area contributed by atoms with Crippen molar-refractivity contribution in [2.75, 3.05) is 79.8 Å². The van der Waals surface area contributed by atoms with Crippen LogP contribution in [0.4, 0.5) is 117 Å². The van der Waals surface area contributed by atoms with Gasteiger partial charge in [0.2, 0.25) is 0 Å². The number of nitrogens with one attached hydrogen (secondary N) is 26. The maximum atomic E-state index is 11.8. The zero-order valence-electron chi connectivity index (χ0n) is 66.4. The van der Waals surface area contributed by atoms with Crippen molar-refractivity contribution < 1.29 is 43.2 Å². The number of H-pyrrole nitrogens is 11. The van der Waals surface area contributed by atoms with Gasteiger partial charge in [0, 0.05) is 61.5 Å². The number of amides is 15. The summed E-state index contributed by atoms with van der Waals surface area (Å²) < 4.78 is 0. The number of nitrogens with zero attached hydrogens (tertiary/aromatic N) is 40. The average molecular weight is 1830 g/mol. The van der Waals surface area contributed by atoms with E-state index in [4.69, 9.17) is 0 Å². The van der Waals surface area contributed by atoms with E-state index in [-0.39, 0.29) is 71.0 Å². The van der Waals surface area contributed by atoms with Gasteiger partial charge in [-0.15, -0.1) is 51.0 Å². The largest absolute Gasteiger partial charge is 0.341 e. The van der Waals surface area contributed by atoms with Crippen molar-refractivity contribution in [3.05, 3.63) is 201 Å². The van der Waals surface area contributed by atoms with Gasteiger partial charge in [-0.3, -0.25) is 109 Å². The lowest BCUT2D eigenvalue weighted by Gasteiger charge is -2.02. The number of aromatic nitrogens is 51. The molecular weight excluding hydrogens is 1780 g/mol. The molecule has 0 aliphatic heterocycles. The summed E-state index contributed by atoms with van der Waals surface area (Å²) in [5.41, 5.74) is 3.53. The van der Waals surface area contributed by atoms with Gasteiger partial charge in [0.05, 0.1) is 59.6 Å². The van der Waals surface area contributed by atoms with Gasteiger partial charge in [0.15, 0.2) is 11.6 Å². The molecule has 0 saturated heterocycles. The standard InChI is InChI=1S/C10H7N7O.3C7H7N7O.3C6H6N8O.2C5H5N7O/c18-9(13-10-14-16-17-15-10)8-5-11-6-3-1-2-4-7(6)12-8;15-7(10-6-11-13-14-12-6)9-5-1-3-8-4-2-5;15-7(10-6-11-13-14-12-6)9-5-2-1-3-8-4-5;15-7(10-6-11-13-14-12-6)9-5-3-1-2-4-8-5;15-6(10-5-11-13-14-12-5)9-4-3-7-1-2-8-4;15-6(10-5-11-13-14-12-5)9-4-1-2-7-3-8-4;15-6(9-5-11-13-14-12-5)8-4-2-1-3-7-10-4;13-4(3-1-6-2-7-3)8-5-9-11-12-10-5;13-4(3-1-6-7-2-3)8-5-9-11-12-10-5/h1-5H,(H2,13,14,15,16,17,18);1-4H,(H3,8,9,10,11,12,13,14,15);1-4H,(H3,9,10,11,12,13,14,15);1-4H,(H3,8,9,10,11,12,13,14,15);1-3H,(H3,8,9,10,11,12,13,14,15);1-3H,(H3,7,8,9,10,11,12,13,14,15);1-3H,(H3,8,9,10,11,12,13,14,15);2*1-2H,(H,6,7)(H2,8,9,10,11,12,13). The molecule has 0 saturated carbocycles. The summed E-state index contributed by atoms with van der Waals surface area (Å²) in [6.07, 6.45) is 23.6. The molecule has 0 bridgehead atoms. The average Bonchev–Trinajstić information content (AvgIpc) is 1.26. The SMILES string of the molecule is O=C(Nc1ccccn1)Nc1nn[nH]n1.O=C(Nc1cccnc1)Nc1nn[nH]n1.O=C(Nc1cccnn1)Nc1nn[nH]n1.O=C(Nc1ccncc1)Nc1nn[nH]n1.O=C(Nc1ccncn1)Nc1nn[nH]n1.O=C(Nc1cnccn1)Nc1nn[nH]n1.O=C(Nc1nn[nH]n1)c1cn[nH]c1.O=C(Nc1nn[nH]n1)c1cnc2ccccc2n1.O=C(Nc1nn[nH]n1)c1cnc[nH]1. The predicted molar refractivity (Wildman–Crippen MR) is 443 cm³/mol. The number of pyridine rings is 3. The predicted octanol–water partition coefficient (Wildman–Crippen LogP) is -1.64. The zero-order chi connectivity index (χ0) is 93.6. The Balaban J connectivity index is 0.000000145. The molecule has 0 unspecified atom stereocenters. The number of fused-ring (bicyclic) bond motifs is 1. The Hall–Kier alpha value is -22.7. The number of tetrazole rings is 9. The number of aromatic amines is 11. The number of hydrogen-bond donors (Lipinski definition) is 26. The van der Waals surface area contributed by atoms with Crippen LogP contribution in [0, 0.1) is 0 Å². The van der Waals surface area contributed by atoms with Gasteiger partial charge in [-0.2, -0.15) is 57.1 Å². The van der Waals surface area contributed by atoms with E-state index < -0.39 is 42.1 Å². The van der Waals surface area contributed by atoms with Gasteiger partial charge >= 0.3 is 36.2 Å². The summed E-state index contributed by atoms with van der Waals surface area (Å²) >= 11 is 0. The van der Waals surface area contributed by atoms with Gasteiger partial charge in [-0.05, 0) is 114 Å². The third-order valence-electron chi connectivity index (χ3n) is 13.5. The van der Waals surface area contributed by atoms with Crippen LogP contribution in [0.5, 0.6) is 0 Å². The summed E-state index contributed by atoms with van der Waals surface area (Å²) in [7, 11) is 0. The van der Waals surface area contributed by atoms with Crippen LogP contribution in [0.15, 0.2) is 184 Å². The molecule has 0 aliphatic carbocycles. The number of carbonyl (C=O) groups excluding carboxylic acids is 9. The Labute approximate surface area is 735 Å². The van der Waals surface area contributed by atoms with Crippen LogP contribution < -0.4 is 79.8 Å². The zero-order valence-corrected chi connectivity index (χ0v) is 66.4. The normalized spacial score (nSPS) is 9.76. The molecule has 134 heavy (non-hydrogen) atoms. The Kier molecular flexibility index (Phi) is 35.2. The smallest absolute Gasteiger partial charge is 0.327 e. The van der Waals surface area contributed by atoms with Crippen LogP contribution in [0.1, 0.15) is 31.3 Å². The van der Waals surface area contributed by atoms with Crippen LogP contribution in [0.3, 0.4) is 0 Å². The van der Waals surface area contributed by atoms with Crippen molar-refractivity contribution in [1.29, 1.82) is 0 Å². The minimum absolute atomic E-state index is 0.0800. The van der Waals surface area contributed by atoms with E-state index in [1.54, 1.807) is 91.5 Å². The van der Waals surface area contributed by atoms with Crippen LogP contribution >= 0.6 is 0 Å². The Morgan fingerprint density at radius 2 is 0.701 bits per heavy atom. The number of rotatable bonds is 18. The maximum Gasteiger partial charge on any atom is 0.327 e. The summed E-state index contributed by atoms with van der Waals surface area (Å²) in [4.78, 5) is 143. The maximum absolute atomic E-state index is 11.8. The van der Waals surface area contributed by atoms with Crippen molar-refractivity contribution in [3.63, 3.8) is 0 Å². The van der Waals surface area contributed by atoms with Crippen LogP contribution in [0.2, 0.25) is 0 Å². The molecule has 0 fully saturated rings. The lowest BCUT2D eigenvalue weighted by molar-refractivity contribution is 0.101. The van der Waals surface area contributed by atoms with E-state index in [1.165, 1.54) is 74.6 Å². The lowest BCUT2D eigenvalue weighted by Crippen LogP contribution is -2.21. The molecule has 0 radical (unpaired) electrons. The van der Waals surface area contributed by atoms with Crippen molar-refractivity contribution in [2.45, 2.75) is 0 Å². The van der Waals surface area contributed by atoms with Crippen molar-refractivity contribution in [3.8, 4) is 0 Å². The summed E-state index contributed by atoms with van der Waals surface area (Å²) in [5.74, 6) is 1.27. The molecule has 0 aliphatic rings. The second kappa shape index (κ2) is 51.3. The van der Waals surface area contributed by atoms with Crippen molar-refractivity contribution in [1.82, 2.24) is 261 Å². The minimum Gasteiger partial charge on any atom is -0.341 e. The number of para-hydroxylation sites is 2. The number of anilines is 15. The second-order valence-corrected chi connectivity index (χ2v) is 22.6. The fourth-order valence-electron chi connectivity index (χ4n) is 8.19. The Bertz CT molecular complexity index is 5770. The molecule has 19 aromatic rings. The van der Waals surface area contributed by atoms with Crippen molar-refractivity contribution in [2.24, 2.45) is 0 Å². The first-order valence-electron chi connectivity index (χ1n) is 35.8. The highest BCUT2D eigenvalue weighted by atomic mass is 16.2. The fraction of sp³-hybridized carbons (Fsp3) is 0. The minimum atomic E-state index is -0.517. The first-order chi connectivity index (χ1) is 65.6. The molecule has 19 rings (SSSR count). The Morgan fingerprint density at radius 3 is 1.13 bits per heavy atom. The van der Waals surface area contributed by atoms with Gasteiger partial charge in [0.1, 0.15) is 29.4 Å². The van der Waals surface area contributed by atoms with E-state index in [0.717, 1.165) is 5.52 Å². The molecule has 75 heteroatoms. The monoisotopic (exact) mass is 1830 g/mol. The van der Waals surface area contributed by atoms with Gasteiger partial charge in [0.25, 0.3) is 71.3 Å². The van der Waals surface area contributed by atoms with E-state index in [1.807, 2.05) is 18.2 Å². The van der Waals surface area contributed by atoms with E-state index in [2.05, 4.69) is 341 Å². The highest BCUT2D eigenvalue weighted by molar-refractivity contribution is 6.05. The molecule has 0 atom stereocenters. The number of urea groups is 6. The third kappa shape index (κ3) is 34.0. The summed E-state index contributed by atoms with van der Waals surface area (Å²) in [6.45, 7) is 0. The molecule has 26 N–H and O–H groups in total. The van der Waals surface area contributed by atoms with Crippen LogP contribution in [-0.2, 0) is 0 Å². The molecule has 75 nitrogen and oxygen atoms in total. The first-order valence-corrected chi connectivity index (χ1v) is 35.8. The molecule has 18 heterocycles. The molecule has 15 amide bonds. The first kappa shape index (κ1) is 92.1. The topological polar surface area (TPSA) is 1020 Å². The van der Waals surface area contributed by atoms with Crippen LogP contribution in [0.25, 0.3) is 11.0 Å². The van der Waals surface area contributed by atoms with Gasteiger partial charge < -0.3 is 15.6 Å². The molecule has 1 aromatic carbocycles. The highest BCUT2D eigenvalue weighted by Gasteiger charge is 2.16. The van der Waals surface area contributed by atoms with Crippen LogP contribution in [-0.4, -0.2) is 315 Å². The highest BCUT2D eigenvalue weighted by Crippen LogP contribution is 2.12. The number of carbonyl (C=O) groups is 9. The lowest BCUT2D eigenvalue weighted by atomic mass is 10.3. The molecular formula is C59H56N66O9. The fourth-order valence-corrected chi connectivity index (χ4v) is 8.19. The van der Waals surface area contributed by atoms with Gasteiger partial charge in [-0.1, -0.05) is 64.1 Å². The molecule has 18 aromatic heterocycles. The van der Waals surface area contributed by atoms with Gasteiger partial charge in [-0.25, -0.2) is 58.7 Å². The van der Waals surface area contributed by atoms with E-state index in [0.29, 0.717) is 51.4 Å². The quantitative estimate of drug-likeness (QED) is 0.0458. The van der Waals surface area contributed by atoms with E-state index in [9.17, 15) is 43.2 Å². The molecule has 676 valence electrons. The summed E-state index contributed by atoms with van der Waals surface area (Å²) in [6, 6.07) is 21.1. The third-order valence-corrected chi connectivity index (χ3v) is 13.5. The number of benzene rings is 1. The summed E-state index contributed by atoms with van der Waals surface area (Å²) in [5, 5.41) is 163. The number of imidazole rings is 1. The second-order valence-electron chi connectivity index (χ2n) is 22.6.